The summed E-state index contributed by atoms with van der Waals surface area (Å²) >= 11 is 5.80. The molecule has 0 bridgehead atoms. The molecule has 0 aromatic heterocycles. The minimum Gasteiger partial charge on any atom is -0.455 e. The fourth-order valence-corrected chi connectivity index (χ4v) is 2.41. The van der Waals surface area contributed by atoms with Crippen LogP contribution in [-0.2, 0) is 14.3 Å². The second-order valence-electron chi connectivity index (χ2n) is 5.62. The number of hydrogen-bond donors (Lipinski definition) is 3. The van der Waals surface area contributed by atoms with Gasteiger partial charge in [0.15, 0.2) is 6.61 Å². The number of esters is 1. The molecule has 3 amide bonds. The van der Waals surface area contributed by atoms with Crippen LogP contribution < -0.4 is 16.4 Å². The SMILES string of the molecule is NC(=O)N[C@H](CC(=O)OCC(=O)Nc1c(F)cccc1F)c1ccc(Cl)cc1. The number of hydrogen-bond acceptors (Lipinski definition) is 4. The molecule has 2 aromatic rings. The van der Waals surface area contributed by atoms with E-state index in [0.717, 1.165) is 18.2 Å². The molecule has 10 heteroatoms. The molecule has 0 aliphatic heterocycles. The molecule has 0 saturated heterocycles. The third kappa shape index (κ3) is 6.20. The van der Waals surface area contributed by atoms with Crippen molar-refractivity contribution < 1.29 is 27.9 Å². The number of rotatable bonds is 7. The van der Waals surface area contributed by atoms with Crippen molar-refractivity contribution in [3.63, 3.8) is 0 Å². The van der Waals surface area contributed by atoms with E-state index in [1.54, 1.807) is 24.3 Å². The van der Waals surface area contributed by atoms with Crippen molar-refractivity contribution in [3.8, 4) is 0 Å². The second-order valence-corrected chi connectivity index (χ2v) is 6.06. The number of nitrogens with one attached hydrogen (secondary N) is 2. The summed E-state index contributed by atoms with van der Waals surface area (Å²) in [6, 6.07) is 7.71. The first-order chi connectivity index (χ1) is 13.3. The van der Waals surface area contributed by atoms with Crippen LogP contribution in [0.3, 0.4) is 0 Å². The number of urea groups is 1. The van der Waals surface area contributed by atoms with Gasteiger partial charge in [-0.3, -0.25) is 9.59 Å². The van der Waals surface area contributed by atoms with Gasteiger partial charge in [-0.2, -0.15) is 0 Å². The van der Waals surface area contributed by atoms with Crippen LogP contribution in [0.5, 0.6) is 0 Å². The number of anilines is 1. The summed E-state index contributed by atoms with van der Waals surface area (Å²) in [5.74, 6) is -3.69. The van der Waals surface area contributed by atoms with E-state index in [1.165, 1.54) is 0 Å². The quantitative estimate of drug-likeness (QED) is 0.608. The van der Waals surface area contributed by atoms with Crippen molar-refractivity contribution in [1.82, 2.24) is 5.32 Å². The van der Waals surface area contributed by atoms with E-state index in [9.17, 15) is 23.2 Å². The van der Waals surface area contributed by atoms with Gasteiger partial charge in [-0.25, -0.2) is 13.6 Å². The summed E-state index contributed by atoms with van der Waals surface area (Å²) < 4.78 is 31.8. The molecule has 0 aliphatic rings. The average molecular weight is 412 g/mol. The van der Waals surface area contributed by atoms with E-state index in [0.29, 0.717) is 10.6 Å². The molecular weight excluding hydrogens is 396 g/mol. The van der Waals surface area contributed by atoms with Gasteiger partial charge in [0.2, 0.25) is 0 Å². The van der Waals surface area contributed by atoms with Crippen molar-refractivity contribution >= 4 is 35.2 Å². The molecule has 0 fully saturated rings. The normalized spacial score (nSPS) is 11.4. The summed E-state index contributed by atoms with van der Waals surface area (Å²) in [5.41, 5.74) is 5.01. The predicted octanol–water partition coefficient (Wildman–Crippen LogP) is 2.90. The van der Waals surface area contributed by atoms with Crippen LogP contribution in [0.4, 0.5) is 19.3 Å². The fraction of sp³-hybridized carbons (Fsp3) is 0.167. The lowest BCUT2D eigenvalue weighted by atomic mass is 10.0. The highest BCUT2D eigenvalue weighted by Crippen LogP contribution is 2.20. The van der Waals surface area contributed by atoms with E-state index in [1.807, 2.05) is 5.32 Å². The van der Waals surface area contributed by atoms with Gasteiger partial charge >= 0.3 is 12.0 Å². The number of ether oxygens (including phenoxy) is 1. The average Bonchev–Trinajstić information content (AvgIpc) is 2.63. The zero-order valence-electron chi connectivity index (χ0n) is 14.4. The highest BCUT2D eigenvalue weighted by molar-refractivity contribution is 6.30. The lowest BCUT2D eigenvalue weighted by molar-refractivity contribution is -0.147. The number of halogens is 3. The summed E-state index contributed by atoms with van der Waals surface area (Å²) in [7, 11) is 0. The first-order valence-electron chi connectivity index (χ1n) is 7.97. The Morgan fingerprint density at radius 2 is 1.68 bits per heavy atom. The van der Waals surface area contributed by atoms with Crippen molar-refractivity contribution in [1.29, 1.82) is 0 Å². The molecule has 1 atom stereocenters. The molecular formula is C18H16ClF2N3O4. The van der Waals surface area contributed by atoms with Gasteiger partial charge in [0.25, 0.3) is 5.91 Å². The van der Waals surface area contributed by atoms with Crippen molar-refractivity contribution in [2.24, 2.45) is 5.73 Å². The lowest BCUT2D eigenvalue weighted by Gasteiger charge is -2.17. The topological polar surface area (TPSA) is 111 Å². The highest BCUT2D eigenvalue weighted by atomic mass is 35.5. The molecule has 148 valence electrons. The summed E-state index contributed by atoms with van der Waals surface area (Å²) in [5, 5.41) is 4.83. The minimum absolute atomic E-state index is 0.327. The van der Waals surface area contributed by atoms with Crippen LogP contribution in [0, 0.1) is 11.6 Å². The van der Waals surface area contributed by atoms with E-state index >= 15 is 0 Å². The summed E-state index contributed by atoms with van der Waals surface area (Å²) in [6.07, 6.45) is -0.327. The van der Waals surface area contributed by atoms with Gasteiger partial charge in [0.05, 0.1) is 12.5 Å². The maximum absolute atomic E-state index is 13.5. The first kappa shape index (κ1) is 21.1. The van der Waals surface area contributed by atoms with Crippen LogP contribution >= 0.6 is 11.6 Å². The van der Waals surface area contributed by atoms with Crippen molar-refractivity contribution in [3.05, 3.63) is 64.7 Å². The van der Waals surface area contributed by atoms with Gasteiger partial charge in [0, 0.05) is 5.02 Å². The number of carbonyl (C=O) groups excluding carboxylic acids is 3. The van der Waals surface area contributed by atoms with Crippen molar-refractivity contribution in [2.75, 3.05) is 11.9 Å². The Bertz CT molecular complexity index is 857. The zero-order valence-corrected chi connectivity index (χ0v) is 15.1. The highest BCUT2D eigenvalue weighted by Gasteiger charge is 2.20. The number of para-hydroxylation sites is 1. The Morgan fingerprint density at radius 3 is 2.25 bits per heavy atom. The fourth-order valence-electron chi connectivity index (χ4n) is 2.28. The van der Waals surface area contributed by atoms with Crippen LogP contribution in [0.15, 0.2) is 42.5 Å². The monoisotopic (exact) mass is 411 g/mol. The maximum atomic E-state index is 13.5. The Morgan fingerprint density at radius 1 is 1.07 bits per heavy atom. The van der Waals surface area contributed by atoms with Crippen LogP contribution in [0.2, 0.25) is 5.02 Å². The van der Waals surface area contributed by atoms with Gasteiger partial charge in [-0.1, -0.05) is 29.8 Å². The van der Waals surface area contributed by atoms with Crippen LogP contribution in [0.1, 0.15) is 18.0 Å². The molecule has 0 spiro atoms. The molecule has 7 nitrogen and oxygen atoms in total. The molecule has 0 aliphatic carbocycles. The third-order valence-corrected chi connectivity index (χ3v) is 3.80. The maximum Gasteiger partial charge on any atom is 0.312 e. The Labute approximate surface area is 163 Å². The number of primary amides is 1. The number of benzene rings is 2. The molecule has 0 unspecified atom stereocenters. The van der Waals surface area contributed by atoms with Gasteiger partial charge in [-0.15, -0.1) is 0 Å². The largest absolute Gasteiger partial charge is 0.455 e. The lowest BCUT2D eigenvalue weighted by Crippen LogP contribution is -2.35. The Kier molecular flexibility index (Phi) is 7.28. The molecule has 2 rings (SSSR count). The van der Waals surface area contributed by atoms with Crippen LogP contribution in [-0.4, -0.2) is 24.5 Å². The number of carbonyl (C=O) groups is 3. The minimum atomic E-state index is -0.965. The van der Waals surface area contributed by atoms with Crippen LogP contribution in [0.25, 0.3) is 0 Å². The predicted molar refractivity (Wildman–Crippen MR) is 97.5 cm³/mol. The van der Waals surface area contributed by atoms with Gasteiger partial charge < -0.3 is 21.1 Å². The summed E-state index contributed by atoms with van der Waals surface area (Å²) in [6.45, 7) is -0.767. The third-order valence-electron chi connectivity index (χ3n) is 3.55. The second kappa shape index (κ2) is 9.65. The smallest absolute Gasteiger partial charge is 0.312 e. The number of nitrogens with two attached hydrogens (primary N) is 1. The number of amides is 3. The van der Waals surface area contributed by atoms with E-state index < -0.39 is 47.9 Å². The zero-order chi connectivity index (χ0) is 20.7. The molecule has 2 aromatic carbocycles. The standard InChI is InChI=1S/C18H16ClF2N3O4/c19-11-6-4-10(5-7-11)14(23-18(22)27)8-16(26)28-9-15(25)24-17-12(20)2-1-3-13(17)21/h1-7,14H,8-9H2,(H,24,25)(H3,22,23,27)/t14-/m1/s1. The Balaban J connectivity index is 1.94. The molecule has 0 saturated carbocycles. The molecule has 4 N–H and O–H groups in total. The molecule has 28 heavy (non-hydrogen) atoms. The Hall–Kier alpha value is -3.20. The molecule has 0 radical (unpaired) electrons. The first-order valence-corrected chi connectivity index (χ1v) is 8.35. The van der Waals surface area contributed by atoms with Gasteiger partial charge in [-0.05, 0) is 29.8 Å². The van der Waals surface area contributed by atoms with Gasteiger partial charge in [0.1, 0.15) is 17.3 Å². The van der Waals surface area contributed by atoms with E-state index in [4.69, 9.17) is 22.1 Å². The summed E-state index contributed by atoms with van der Waals surface area (Å²) in [4.78, 5) is 34.9. The van der Waals surface area contributed by atoms with E-state index in [2.05, 4.69) is 5.32 Å². The van der Waals surface area contributed by atoms with E-state index in [-0.39, 0.29) is 6.42 Å². The van der Waals surface area contributed by atoms with Crippen molar-refractivity contribution in [2.45, 2.75) is 12.5 Å². The molecule has 0 heterocycles.